The van der Waals surface area contributed by atoms with Gasteiger partial charge in [-0.3, -0.25) is 4.79 Å². The minimum Gasteiger partial charge on any atom is -0.493 e. The Kier molecular flexibility index (Phi) is 5.72. The maximum absolute atomic E-state index is 12.5. The van der Waals surface area contributed by atoms with Crippen molar-refractivity contribution in [2.45, 2.75) is 26.0 Å². The SMILES string of the molecule is CCOc1ccc(C2SCC(=O)Nc3c2c(C)nn3-c2cccc(C)c2)cc1OC. The first-order chi connectivity index (χ1) is 14.5. The minimum absolute atomic E-state index is 0.0320. The van der Waals surface area contributed by atoms with Crippen LogP contribution < -0.4 is 14.8 Å². The summed E-state index contributed by atoms with van der Waals surface area (Å²) in [5.41, 5.74) is 5.01. The van der Waals surface area contributed by atoms with Crippen LogP contribution in [0.2, 0.25) is 0 Å². The lowest BCUT2D eigenvalue weighted by molar-refractivity contribution is -0.113. The summed E-state index contributed by atoms with van der Waals surface area (Å²) >= 11 is 1.59. The highest BCUT2D eigenvalue weighted by Crippen LogP contribution is 2.45. The van der Waals surface area contributed by atoms with E-state index in [4.69, 9.17) is 14.6 Å². The van der Waals surface area contributed by atoms with Crippen molar-refractivity contribution in [3.05, 3.63) is 64.8 Å². The fourth-order valence-electron chi connectivity index (χ4n) is 3.72. The van der Waals surface area contributed by atoms with E-state index in [9.17, 15) is 4.79 Å². The van der Waals surface area contributed by atoms with Crippen LogP contribution in [0.1, 0.15) is 34.6 Å². The second-order valence-corrected chi connectivity index (χ2v) is 8.27. The summed E-state index contributed by atoms with van der Waals surface area (Å²) in [6.45, 7) is 6.55. The Bertz CT molecular complexity index is 1090. The van der Waals surface area contributed by atoms with Gasteiger partial charge in [0.15, 0.2) is 11.5 Å². The Morgan fingerprint density at radius 1 is 1.20 bits per heavy atom. The predicted molar refractivity (Wildman–Crippen MR) is 120 cm³/mol. The van der Waals surface area contributed by atoms with Crippen molar-refractivity contribution in [1.29, 1.82) is 0 Å². The van der Waals surface area contributed by atoms with Gasteiger partial charge in [0.2, 0.25) is 5.91 Å². The van der Waals surface area contributed by atoms with Crippen molar-refractivity contribution in [1.82, 2.24) is 9.78 Å². The molecule has 1 atom stereocenters. The first-order valence-corrected chi connectivity index (χ1v) is 11.0. The first-order valence-electron chi connectivity index (χ1n) is 9.90. The van der Waals surface area contributed by atoms with Crippen molar-refractivity contribution in [3.63, 3.8) is 0 Å². The van der Waals surface area contributed by atoms with E-state index in [1.807, 2.05) is 61.9 Å². The van der Waals surface area contributed by atoms with Gasteiger partial charge in [-0.05, 0) is 56.2 Å². The smallest absolute Gasteiger partial charge is 0.235 e. The van der Waals surface area contributed by atoms with Crippen LogP contribution in [0, 0.1) is 13.8 Å². The molecule has 0 fully saturated rings. The van der Waals surface area contributed by atoms with E-state index >= 15 is 0 Å². The summed E-state index contributed by atoms with van der Waals surface area (Å²) in [5.74, 6) is 2.46. The topological polar surface area (TPSA) is 65.4 Å². The number of rotatable bonds is 5. The Labute approximate surface area is 180 Å². The van der Waals surface area contributed by atoms with Crippen molar-refractivity contribution < 1.29 is 14.3 Å². The van der Waals surface area contributed by atoms with Crippen molar-refractivity contribution in [2.24, 2.45) is 0 Å². The Balaban J connectivity index is 1.84. The van der Waals surface area contributed by atoms with Gasteiger partial charge in [-0.1, -0.05) is 18.2 Å². The van der Waals surface area contributed by atoms with E-state index in [1.165, 1.54) is 0 Å². The number of anilines is 1. The average Bonchev–Trinajstić information content (AvgIpc) is 2.94. The van der Waals surface area contributed by atoms with Gasteiger partial charge in [0.25, 0.3) is 0 Å². The summed E-state index contributed by atoms with van der Waals surface area (Å²) in [4.78, 5) is 12.5. The van der Waals surface area contributed by atoms with E-state index in [-0.39, 0.29) is 11.2 Å². The van der Waals surface area contributed by atoms with Crippen LogP contribution in [0.25, 0.3) is 5.69 Å². The lowest BCUT2D eigenvalue weighted by Crippen LogP contribution is -2.15. The number of benzene rings is 2. The molecule has 6 nitrogen and oxygen atoms in total. The fraction of sp³-hybridized carbons (Fsp3) is 0.304. The van der Waals surface area contributed by atoms with Crippen molar-refractivity contribution >= 4 is 23.5 Å². The van der Waals surface area contributed by atoms with Gasteiger partial charge in [0.05, 0.1) is 36.1 Å². The number of methoxy groups -OCH3 is 1. The van der Waals surface area contributed by atoms with E-state index < -0.39 is 0 Å². The van der Waals surface area contributed by atoms with Crippen LogP contribution in [-0.2, 0) is 4.79 Å². The predicted octanol–water partition coefficient (Wildman–Crippen LogP) is 4.67. The molecule has 2 aromatic carbocycles. The Morgan fingerprint density at radius 2 is 2.03 bits per heavy atom. The minimum atomic E-state index is -0.0536. The lowest BCUT2D eigenvalue weighted by atomic mass is 10.0. The molecule has 1 aliphatic heterocycles. The third-order valence-electron chi connectivity index (χ3n) is 5.04. The number of amides is 1. The van der Waals surface area contributed by atoms with Gasteiger partial charge in [0, 0.05) is 5.56 Å². The number of nitrogens with zero attached hydrogens (tertiary/aromatic N) is 2. The summed E-state index contributed by atoms with van der Waals surface area (Å²) in [7, 11) is 1.64. The first kappa shape index (κ1) is 20.3. The highest BCUT2D eigenvalue weighted by atomic mass is 32.2. The van der Waals surface area contributed by atoms with Crippen LogP contribution in [0.4, 0.5) is 5.82 Å². The average molecular weight is 424 g/mol. The molecule has 0 spiro atoms. The molecule has 0 radical (unpaired) electrons. The molecule has 3 aromatic rings. The molecule has 0 aliphatic carbocycles. The molecule has 1 N–H and O–H groups in total. The van der Waals surface area contributed by atoms with Gasteiger partial charge in [-0.15, -0.1) is 11.8 Å². The van der Waals surface area contributed by atoms with E-state index in [0.29, 0.717) is 23.9 Å². The normalized spacial score (nSPS) is 15.9. The van der Waals surface area contributed by atoms with Crippen LogP contribution in [-0.4, -0.2) is 35.2 Å². The number of hydrogen-bond acceptors (Lipinski definition) is 5. The zero-order valence-electron chi connectivity index (χ0n) is 17.6. The van der Waals surface area contributed by atoms with E-state index in [1.54, 1.807) is 18.9 Å². The number of aryl methyl sites for hydroxylation is 2. The quantitative estimate of drug-likeness (QED) is 0.646. The van der Waals surface area contributed by atoms with Crippen LogP contribution in [0.3, 0.4) is 0 Å². The van der Waals surface area contributed by atoms with Gasteiger partial charge in [0.1, 0.15) is 5.82 Å². The number of hydrogen-bond donors (Lipinski definition) is 1. The summed E-state index contributed by atoms with van der Waals surface area (Å²) in [5, 5.41) is 7.80. The summed E-state index contributed by atoms with van der Waals surface area (Å²) in [6.07, 6.45) is 0. The Morgan fingerprint density at radius 3 is 2.77 bits per heavy atom. The monoisotopic (exact) mass is 423 g/mol. The molecule has 0 saturated carbocycles. The van der Waals surface area contributed by atoms with Crippen LogP contribution in [0.15, 0.2) is 42.5 Å². The second kappa shape index (κ2) is 8.44. The van der Waals surface area contributed by atoms with Crippen LogP contribution in [0.5, 0.6) is 11.5 Å². The molecule has 2 heterocycles. The second-order valence-electron chi connectivity index (χ2n) is 7.18. The maximum Gasteiger partial charge on any atom is 0.235 e. The zero-order valence-corrected chi connectivity index (χ0v) is 18.4. The van der Waals surface area contributed by atoms with E-state index in [0.717, 1.165) is 33.9 Å². The maximum atomic E-state index is 12.5. The van der Waals surface area contributed by atoms with E-state index in [2.05, 4.69) is 11.4 Å². The number of carbonyl (C=O) groups excluding carboxylic acids is 1. The molecule has 0 saturated heterocycles. The van der Waals surface area contributed by atoms with Gasteiger partial charge < -0.3 is 14.8 Å². The standard InChI is InChI=1S/C23H25N3O3S/c1-5-29-18-10-9-16(12-19(18)28-4)22-21-15(3)25-26(17-8-6-7-14(2)11-17)23(21)24-20(27)13-30-22/h6-12,22H,5,13H2,1-4H3,(H,24,27). The molecule has 156 valence electrons. The number of thioether (sulfide) groups is 1. The molecule has 0 bridgehead atoms. The number of ether oxygens (including phenoxy) is 2. The molecule has 1 amide bonds. The highest BCUT2D eigenvalue weighted by molar-refractivity contribution is 8.00. The lowest BCUT2D eigenvalue weighted by Gasteiger charge is -2.18. The highest BCUT2D eigenvalue weighted by Gasteiger charge is 2.31. The largest absolute Gasteiger partial charge is 0.493 e. The molecule has 7 heteroatoms. The number of nitrogens with one attached hydrogen (secondary N) is 1. The number of carbonyl (C=O) groups is 1. The zero-order chi connectivity index (χ0) is 21.3. The fourth-order valence-corrected chi connectivity index (χ4v) is 4.89. The van der Waals surface area contributed by atoms with Gasteiger partial charge >= 0.3 is 0 Å². The number of aromatic nitrogens is 2. The van der Waals surface area contributed by atoms with Crippen molar-refractivity contribution in [3.8, 4) is 17.2 Å². The van der Waals surface area contributed by atoms with Crippen molar-refractivity contribution in [2.75, 3.05) is 24.8 Å². The third kappa shape index (κ3) is 3.77. The molecular formula is C23H25N3O3S. The third-order valence-corrected chi connectivity index (χ3v) is 6.31. The van der Waals surface area contributed by atoms with Gasteiger partial charge in [-0.25, -0.2) is 4.68 Å². The molecule has 4 rings (SSSR count). The molecular weight excluding hydrogens is 398 g/mol. The van der Waals surface area contributed by atoms with Crippen LogP contribution >= 0.6 is 11.8 Å². The summed E-state index contributed by atoms with van der Waals surface area (Å²) < 4.78 is 13.0. The van der Waals surface area contributed by atoms with Gasteiger partial charge in [-0.2, -0.15) is 5.10 Å². The summed E-state index contributed by atoms with van der Waals surface area (Å²) in [6, 6.07) is 14.1. The molecule has 30 heavy (non-hydrogen) atoms. The molecule has 1 aliphatic rings. The molecule has 1 unspecified atom stereocenters. The number of fused-ring (bicyclic) bond motifs is 1. The molecule has 1 aromatic heterocycles. The Hall–Kier alpha value is -2.93.